The summed E-state index contributed by atoms with van der Waals surface area (Å²) in [4.78, 5) is 4.87. The molecule has 26 heavy (non-hydrogen) atoms. The Bertz CT molecular complexity index is 1090. The van der Waals surface area contributed by atoms with Gasteiger partial charge in [0, 0.05) is 17.6 Å². The van der Waals surface area contributed by atoms with Crippen LogP contribution in [0, 0.1) is 13.8 Å². The second-order valence-corrected chi connectivity index (χ2v) is 6.72. The topological polar surface area (TPSA) is 61.4 Å². The van der Waals surface area contributed by atoms with Crippen LogP contribution in [0.3, 0.4) is 0 Å². The van der Waals surface area contributed by atoms with Crippen LogP contribution in [0.2, 0.25) is 0 Å². The second-order valence-electron chi connectivity index (χ2n) is 6.72. The number of unbranched alkanes of at least 4 members (excludes halogenated alkanes) is 1. The zero-order chi connectivity index (χ0) is 18.3. The quantitative estimate of drug-likeness (QED) is 0.544. The monoisotopic (exact) mass is 348 g/mol. The van der Waals surface area contributed by atoms with Crippen molar-refractivity contribution in [3.63, 3.8) is 0 Å². The van der Waals surface area contributed by atoms with Crippen molar-refractivity contribution in [1.82, 2.24) is 29.5 Å². The fourth-order valence-electron chi connectivity index (χ4n) is 3.71. The average molecular weight is 348 g/mol. The normalized spacial score (nSPS) is 11.7. The highest BCUT2D eigenvalue weighted by molar-refractivity contribution is 6.04. The van der Waals surface area contributed by atoms with Gasteiger partial charge in [0.2, 0.25) is 0 Å². The molecule has 0 amide bonds. The van der Waals surface area contributed by atoms with E-state index in [0.717, 1.165) is 59.3 Å². The van der Waals surface area contributed by atoms with E-state index in [4.69, 9.17) is 4.98 Å². The lowest BCUT2D eigenvalue weighted by Gasteiger charge is -2.06. The molecule has 0 aliphatic rings. The summed E-state index contributed by atoms with van der Waals surface area (Å²) in [6.07, 6.45) is 3.19. The summed E-state index contributed by atoms with van der Waals surface area (Å²) < 4.78 is 4.08. The number of hydrogen-bond acceptors (Lipinski definition) is 4. The standard InChI is InChI=1S/C20H24N6/c1-5-7-12-25-17-11-9-8-10-16(17)18-19(25)21-20(23-22-18)26-14(4)15(6-2)13(3)24-26/h8-11H,5-7,12H2,1-4H3. The van der Waals surface area contributed by atoms with E-state index < -0.39 is 0 Å². The molecule has 3 heterocycles. The Hall–Kier alpha value is -2.76. The zero-order valence-electron chi connectivity index (χ0n) is 15.8. The van der Waals surface area contributed by atoms with Gasteiger partial charge in [0.15, 0.2) is 5.65 Å². The first-order chi connectivity index (χ1) is 12.7. The Kier molecular flexibility index (Phi) is 4.18. The molecule has 0 saturated heterocycles. The van der Waals surface area contributed by atoms with E-state index in [1.54, 1.807) is 0 Å². The second kappa shape index (κ2) is 6.52. The largest absolute Gasteiger partial charge is 0.324 e. The highest BCUT2D eigenvalue weighted by atomic mass is 15.4. The van der Waals surface area contributed by atoms with E-state index in [0.29, 0.717) is 5.95 Å². The van der Waals surface area contributed by atoms with Gasteiger partial charge in [-0.3, -0.25) is 0 Å². The van der Waals surface area contributed by atoms with Gasteiger partial charge in [-0.25, -0.2) is 4.68 Å². The van der Waals surface area contributed by atoms with Crippen LogP contribution in [0.4, 0.5) is 0 Å². The maximum absolute atomic E-state index is 4.87. The van der Waals surface area contributed by atoms with E-state index in [2.05, 4.69) is 58.8 Å². The van der Waals surface area contributed by atoms with Crippen molar-refractivity contribution >= 4 is 22.1 Å². The van der Waals surface area contributed by atoms with Gasteiger partial charge in [0.25, 0.3) is 5.95 Å². The predicted molar refractivity (Wildman–Crippen MR) is 104 cm³/mol. The molecule has 0 unspecified atom stereocenters. The minimum Gasteiger partial charge on any atom is -0.324 e. The highest BCUT2D eigenvalue weighted by Crippen LogP contribution is 2.27. The van der Waals surface area contributed by atoms with E-state index in [-0.39, 0.29) is 0 Å². The van der Waals surface area contributed by atoms with E-state index in [1.165, 1.54) is 5.56 Å². The molecule has 134 valence electrons. The lowest BCUT2D eigenvalue weighted by atomic mass is 10.1. The van der Waals surface area contributed by atoms with Crippen LogP contribution in [0.25, 0.3) is 28.0 Å². The third-order valence-corrected chi connectivity index (χ3v) is 5.08. The molecule has 4 aromatic rings. The molecular weight excluding hydrogens is 324 g/mol. The molecule has 0 fully saturated rings. The molecular formula is C20H24N6. The minimum atomic E-state index is 0.540. The minimum absolute atomic E-state index is 0.540. The SMILES string of the molecule is CCCCn1c2ccccc2c2nnc(-n3nc(C)c(CC)c3C)nc21. The summed E-state index contributed by atoms with van der Waals surface area (Å²) >= 11 is 0. The van der Waals surface area contributed by atoms with Crippen molar-refractivity contribution in [2.75, 3.05) is 0 Å². The number of fused-ring (bicyclic) bond motifs is 3. The Balaban J connectivity index is 1.96. The Morgan fingerprint density at radius 3 is 2.58 bits per heavy atom. The van der Waals surface area contributed by atoms with Gasteiger partial charge in [-0.1, -0.05) is 38.5 Å². The van der Waals surface area contributed by atoms with Gasteiger partial charge in [-0.2, -0.15) is 10.1 Å². The summed E-state index contributed by atoms with van der Waals surface area (Å²) in [5.74, 6) is 0.540. The van der Waals surface area contributed by atoms with E-state index in [1.807, 2.05) is 17.7 Å². The van der Waals surface area contributed by atoms with Crippen LogP contribution in [-0.4, -0.2) is 29.5 Å². The fraction of sp³-hybridized carbons (Fsp3) is 0.400. The summed E-state index contributed by atoms with van der Waals surface area (Å²) in [7, 11) is 0. The molecule has 1 aromatic carbocycles. The molecule has 6 heteroatoms. The average Bonchev–Trinajstić information content (AvgIpc) is 3.13. The van der Waals surface area contributed by atoms with Gasteiger partial charge in [-0.05, 0) is 38.3 Å². The van der Waals surface area contributed by atoms with Crippen molar-refractivity contribution in [2.45, 2.75) is 53.5 Å². The number of rotatable bonds is 5. The van der Waals surface area contributed by atoms with Gasteiger partial charge < -0.3 is 4.57 Å². The predicted octanol–water partition coefficient (Wildman–Crippen LogP) is 4.14. The van der Waals surface area contributed by atoms with E-state index >= 15 is 0 Å². The first-order valence-corrected chi connectivity index (χ1v) is 9.32. The fourth-order valence-corrected chi connectivity index (χ4v) is 3.71. The number of aromatic nitrogens is 6. The number of hydrogen-bond donors (Lipinski definition) is 0. The van der Waals surface area contributed by atoms with Crippen LogP contribution in [0.15, 0.2) is 24.3 Å². The third kappa shape index (κ3) is 2.48. The first-order valence-electron chi connectivity index (χ1n) is 9.32. The highest BCUT2D eigenvalue weighted by Gasteiger charge is 2.18. The summed E-state index contributed by atoms with van der Waals surface area (Å²) in [6.45, 7) is 9.38. The maximum Gasteiger partial charge on any atom is 0.272 e. The lowest BCUT2D eigenvalue weighted by Crippen LogP contribution is -2.08. The molecule has 0 atom stereocenters. The van der Waals surface area contributed by atoms with Crippen LogP contribution in [0.1, 0.15) is 43.6 Å². The number of para-hydroxylation sites is 1. The van der Waals surface area contributed by atoms with Crippen molar-refractivity contribution < 1.29 is 0 Å². The molecule has 0 N–H and O–H groups in total. The molecule has 0 aliphatic carbocycles. The molecule has 0 bridgehead atoms. The molecule has 0 saturated carbocycles. The van der Waals surface area contributed by atoms with Gasteiger partial charge in [-0.15, -0.1) is 10.2 Å². The molecule has 6 nitrogen and oxygen atoms in total. The summed E-state index contributed by atoms with van der Waals surface area (Å²) in [5, 5.41) is 14.7. The van der Waals surface area contributed by atoms with Gasteiger partial charge in [0.05, 0.1) is 11.2 Å². The third-order valence-electron chi connectivity index (χ3n) is 5.08. The Morgan fingerprint density at radius 1 is 1.04 bits per heavy atom. The lowest BCUT2D eigenvalue weighted by molar-refractivity contribution is 0.656. The van der Waals surface area contributed by atoms with Crippen molar-refractivity contribution in [3.8, 4) is 5.95 Å². The van der Waals surface area contributed by atoms with Gasteiger partial charge >= 0.3 is 0 Å². The van der Waals surface area contributed by atoms with Crippen molar-refractivity contribution in [2.24, 2.45) is 0 Å². The van der Waals surface area contributed by atoms with Crippen molar-refractivity contribution in [3.05, 3.63) is 41.2 Å². The first kappa shape index (κ1) is 16.7. The molecule has 4 rings (SSSR count). The number of aryl methyl sites for hydroxylation is 2. The van der Waals surface area contributed by atoms with Crippen LogP contribution >= 0.6 is 0 Å². The van der Waals surface area contributed by atoms with E-state index in [9.17, 15) is 0 Å². The van der Waals surface area contributed by atoms with Gasteiger partial charge in [0.1, 0.15) is 5.52 Å². The Labute approximate surface area is 152 Å². The molecule has 0 radical (unpaired) electrons. The number of nitrogens with zero attached hydrogens (tertiary/aromatic N) is 6. The Morgan fingerprint density at radius 2 is 1.85 bits per heavy atom. The molecule has 3 aromatic heterocycles. The van der Waals surface area contributed by atoms with Crippen LogP contribution in [0.5, 0.6) is 0 Å². The van der Waals surface area contributed by atoms with Crippen LogP contribution < -0.4 is 0 Å². The molecule has 0 aliphatic heterocycles. The maximum atomic E-state index is 4.87. The number of benzene rings is 1. The van der Waals surface area contributed by atoms with Crippen molar-refractivity contribution in [1.29, 1.82) is 0 Å². The molecule has 0 spiro atoms. The van der Waals surface area contributed by atoms with Crippen LogP contribution in [-0.2, 0) is 13.0 Å². The summed E-state index contributed by atoms with van der Waals surface area (Å²) in [5.41, 5.74) is 6.27. The smallest absolute Gasteiger partial charge is 0.272 e. The zero-order valence-corrected chi connectivity index (χ0v) is 15.8. The summed E-state index contributed by atoms with van der Waals surface area (Å²) in [6, 6.07) is 8.32.